The third kappa shape index (κ3) is 7.06. The Kier molecular flexibility index (Phi) is 7.87. The molecule has 6 unspecified atom stereocenters. The molecule has 2 N–H and O–H groups in total. The van der Waals surface area contributed by atoms with Crippen LogP contribution in [0.4, 0.5) is 13.2 Å². The van der Waals surface area contributed by atoms with Gasteiger partial charge in [0.2, 0.25) is 0 Å². The highest BCUT2D eigenvalue weighted by atomic mass is 32.2. The van der Waals surface area contributed by atoms with E-state index in [1.807, 2.05) is 20.8 Å². The van der Waals surface area contributed by atoms with Crippen molar-refractivity contribution in [2.75, 3.05) is 0 Å². The Morgan fingerprint density at radius 2 is 1.28 bits per heavy atom. The van der Waals surface area contributed by atoms with E-state index in [1.54, 1.807) is 0 Å². The second-order valence-corrected chi connectivity index (χ2v) is 11.0. The Balaban J connectivity index is 0.000000179. The number of rotatable bonds is 2. The van der Waals surface area contributed by atoms with Crippen molar-refractivity contribution < 1.29 is 45.6 Å². The van der Waals surface area contributed by atoms with Crippen LogP contribution in [0.2, 0.25) is 0 Å². The van der Waals surface area contributed by atoms with Gasteiger partial charge in [0.1, 0.15) is 5.60 Å². The Bertz CT molecular complexity index is 871. The molecule has 182 valence electrons. The molecule has 7 nitrogen and oxygen atoms in total. The third-order valence-corrected chi connectivity index (χ3v) is 6.46. The molecule has 0 aliphatic heterocycles. The molecule has 4 bridgehead atoms. The largest absolute Gasteiger partial charge is 0.522 e. The number of carbonyl (C=O) groups is 2. The summed E-state index contributed by atoms with van der Waals surface area (Å²) in [6.45, 7) is 5.77. The maximum atomic E-state index is 11.8. The summed E-state index contributed by atoms with van der Waals surface area (Å²) in [7, 11) is -5.84. The first-order valence-electron chi connectivity index (χ1n) is 10.3. The predicted octanol–water partition coefficient (Wildman–Crippen LogP) is 4.22. The van der Waals surface area contributed by atoms with E-state index in [4.69, 9.17) is 22.8 Å². The molecule has 0 heterocycles. The lowest BCUT2D eigenvalue weighted by Gasteiger charge is -2.24. The Morgan fingerprint density at radius 1 is 0.875 bits per heavy atom. The molecule has 0 aromatic rings. The van der Waals surface area contributed by atoms with Crippen LogP contribution in [0.3, 0.4) is 0 Å². The van der Waals surface area contributed by atoms with E-state index in [0.29, 0.717) is 23.7 Å². The van der Waals surface area contributed by atoms with Gasteiger partial charge in [-0.1, -0.05) is 24.3 Å². The molecule has 0 aromatic carbocycles. The van der Waals surface area contributed by atoms with Crippen LogP contribution >= 0.6 is 0 Å². The molecule has 32 heavy (non-hydrogen) atoms. The van der Waals surface area contributed by atoms with Crippen molar-refractivity contribution in [2.45, 2.75) is 57.6 Å². The first-order chi connectivity index (χ1) is 14.5. The lowest BCUT2D eigenvalue weighted by molar-refractivity contribution is -0.160. The summed E-state index contributed by atoms with van der Waals surface area (Å²) in [4.78, 5) is 22.4. The molecule has 4 rings (SSSR count). The van der Waals surface area contributed by atoms with Crippen molar-refractivity contribution in [2.24, 2.45) is 35.5 Å². The molecule has 0 saturated heterocycles. The Morgan fingerprint density at radius 3 is 1.50 bits per heavy atom. The molecule has 0 radical (unpaired) electrons. The van der Waals surface area contributed by atoms with Crippen LogP contribution in [0.1, 0.15) is 46.5 Å². The van der Waals surface area contributed by atoms with Gasteiger partial charge in [-0.2, -0.15) is 21.6 Å². The highest BCUT2D eigenvalue weighted by Gasteiger charge is 2.44. The molecule has 0 spiro atoms. The fourth-order valence-corrected chi connectivity index (χ4v) is 4.49. The molecule has 2 fully saturated rings. The molecular formula is C21H29F3O7S. The molecule has 11 heteroatoms. The number of carboxylic acid groups (broad SMARTS) is 1. The van der Waals surface area contributed by atoms with Crippen molar-refractivity contribution >= 4 is 22.1 Å². The second kappa shape index (κ2) is 9.54. The summed E-state index contributed by atoms with van der Waals surface area (Å²) in [5.74, 6) is 1.45. The molecule has 4 aliphatic carbocycles. The van der Waals surface area contributed by atoms with Gasteiger partial charge in [0.05, 0.1) is 11.8 Å². The van der Waals surface area contributed by atoms with Crippen molar-refractivity contribution in [1.82, 2.24) is 0 Å². The van der Waals surface area contributed by atoms with Crippen molar-refractivity contribution in [3.05, 3.63) is 24.3 Å². The van der Waals surface area contributed by atoms with Crippen LogP contribution in [-0.4, -0.2) is 41.1 Å². The third-order valence-electron chi connectivity index (χ3n) is 5.88. The first kappa shape index (κ1) is 26.4. The summed E-state index contributed by atoms with van der Waals surface area (Å²) in [6.07, 6.45) is 12.7. The van der Waals surface area contributed by atoms with Gasteiger partial charge < -0.3 is 9.84 Å². The van der Waals surface area contributed by atoms with Gasteiger partial charge in [-0.25, -0.2) is 0 Å². The number of allylic oxidation sites excluding steroid dienone is 4. The van der Waals surface area contributed by atoms with Crippen LogP contribution in [0.25, 0.3) is 0 Å². The van der Waals surface area contributed by atoms with Gasteiger partial charge >= 0.3 is 27.6 Å². The summed E-state index contributed by atoms with van der Waals surface area (Å²) in [5.41, 5.74) is -5.88. The number of carboxylic acids is 1. The minimum atomic E-state index is -5.84. The van der Waals surface area contributed by atoms with Crippen molar-refractivity contribution in [3.63, 3.8) is 0 Å². The number of carbonyl (C=O) groups excluding carboxylic acids is 1. The zero-order valence-corrected chi connectivity index (χ0v) is 18.9. The fourth-order valence-electron chi connectivity index (χ4n) is 4.49. The number of hydrogen-bond acceptors (Lipinski definition) is 5. The normalized spacial score (nSPS) is 32.1. The van der Waals surface area contributed by atoms with Gasteiger partial charge in [-0.05, 0) is 70.1 Å². The average molecular weight is 483 g/mol. The van der Waals surface area contributed by atoms with Gasteiger partial charge in [-0.3, -0.25) is 14.1 Å². The predicted molar refractivity (Wildman–Crippen MR) is 109 cm³/mol. The van der Waals surface area contributed by atoms with E-state index >= 15 is 0 Å². The SMILES string of the molecule is CC(C)(C)OC(=O)C1CC2C=CC1C2.O=C(O)C1CC2C=CC1C2.O=S(=O)(O)C(F)(F)F. The maximum absolute atomic E-state index is 11.8. The monoisotopic (exact) mass is 482 g/mol. The first-order valence-corrected chi connectivity index (χ1v) is 11.8. The minimum Gasteiger partial charge on any atom is -0.481 e. The topological polar surface area (TPSA) is 118 Å². The fraction of sp³-hybridized carbons (Fsp3) is 0.714. The van der Waals surface area contributed by atoms with Crippen molar-refractivity contribution in [1.29, 1.82) is 0 Å². The summed E-state index contributed by atoms with van der Waals surface area (Å²) >= 11 is 0. The Hall–Kier alpha value is -1.88. The zero-order chi connectivity index (χ0) is 24.5. The molecule has 2 saturated carbocycles. The van der Waals surface area contributed by atoms with Crippen LogP contribution in [-0.2, 0) is 24.4 Å². The van der Waals surface area contributed by atoms with Crippen LogP contribution in [0.15, 0.2) is 24.3 Å². The van der Waals surface area contributed by atoms with Crippen LogP contribution < -0.4 is 0 Å². The number of fused-ring (bicyclic) bond motifs is 4. The van der Waals surface area contributed by atoms with Gasteiger partial charge in [0.15, 0.2) is 0 Å². The highest BCUT2D eigenvalue weighted by Crippen LogP contribution is 2.44. The van der Waals surface area contributed by atoms with E-state index in [1.165, 1.54) is 0 Å². The summed E-state index contributed by atoms with van der Waals surface area (Å²) in [5, 5.41) is 8.70. The number of alkyl halides is 3. The molecule has 0 aromatic heterocycles. The summed E-state index contributed by atoms with van der Waals surface area (Å²) < 4.78 is 62.9. The molecule has 6 atom stereocenters. The van der Waals surface area contributed by atoms with E-state index in [0.717, 1.165) is 25.7 Å². The number of aliphatic carboxylic acids is 1. The number of ether oxygens (including phenoxy) is 1. The second-order valence-electron chi connectivity index (χ2n) is 9.57. The quantitative estimate of drug-likeness (QED) is 0.262. The summed E-state index contributed by atoms with van der Waals surface area (Å²) in [6, 6.07) is 0. The lowest BCUT2D eigenvalue weighted by atomic mass is 9.93. The minimum absolute atomic E-state index is 0.00523. The van der Waals surface area contributed by atoms with E-state index < -0.39 is 21.6 Å². The lowest BCUT2D eigenvalue weighted by Crippen LogP contribution is -2.30. The van der Waals surface area contributed by atoms with Crippen LogP contribution in [0, 0.1) is 35.5 Å². The van der Waals surface area contributed by atoms with Gasteiger partial charge in [0.25, 0.3) is 0 Å². The molecule has 4 aliphatic rings. The molecular weight excluding hydrogens is 453 g/mol. The highest BCUT2D eigenvalue weighted by molar-refractivity contribution is 7.86. The number of esters is 1. The van der Waals surface area contributed by atoms with Gasteiger partial charge in [0, 0.05) is 0 Å². The van der Waals surface area contributed by atoms with Crippen molar-refractivity contribution in [3.8, 4) is 0 Å². The Labute approximate surface area is 185 Å². The average Bonchev–Trinajstić information content (AvgIpc) is 3.40. The van der Waals surface area contributed by atoms with Gasteiger partial charge in [-0.15, -0.1) is 0 Å². The number of hydrogen-bond donors (Lipinski definition) is 2. The maximum Gasteiger partial charge on any atom is 0.522 e. The van der Waals surface area contributed by atoms with E-state index in [9.17, 15) is 22.8 Å². The standard InChI is InChI=1S/C12H18O2.C8H10O2.CHF3O3S/c1-12(2,3)14-11(13)10-7-8-4-5-9(10)6-8;9-8(10)7-4-5-1-2-6(7)3-5;2-1(3,4)8(5,6)7/h4-5,8-10H,6-7H2,1-3H3;1-2,5-7H,3-4H2,(H,9,10);(H,5,6,7). The van der Waals surface area contributed by atoms with E-state index in [2.05, 4.69) is 24.3 Å². The smallest absolute Gasteiger partial charge is 0.481 e. The van der Waals surface area contributed by atoms with E-state index in [-0.39, 0.29) is 23.4 Å². The zero-order valence-electron chi connectivity index (χ0n) is 18.1. The molecule has 0 amide bonds. The number of halogens is 3. The van der Waals surface area contributed by atoms with Crippen LogP contribution in [0.5, 0.6) is 0 Å².